The molecule has 0 unspecified atom stereocenters. The van der Waals surface area contributed by atoms with Gasteiger partial charge in [0.25, 0.3) is 0 Å². The van der Waals surface area contributed by atoms with Gasteiger partial charge in [0.1, 0.15) is 5.75 Å². The second kappa shape index (κ2) is 3.95. The van der Waals surface area contributed by atoms with Gasteiger partial charge in [-0.2, -0.15) is 8.78 Å². The van der Waals surface area contributed by atoms with Crippen molar-refractivity contribution in [1.29, 1.82) is 0 Å². The summed E-state index contributed by atoms with van der Waals surface area (Å²) in [7, 11) is 0. The van der Waals surface area contributed by atoms with Gasteiger partial charge in [-0.25, -0.2) is 4.74 Å². The fourth-order valence-corrected chi connectivity index (χ4v) is 1.54. The smallest absolute Gasteiger partial charge is 0.409 e. The number of benzene rings is 1. The molecule has 3 N–H and O–H groups in total. The van der Waals surface area contributed by atoms with E-state index in [4.69, 9.17) is 5.73 Å². The molecule has 0 spiro atoms. The maximum Gasteiger partial charge on any atom is 0.540 e. The van der Waals surface area contributed by atoms with Gasteiger partial charge in [0.05, 0.1) is 5.56 Å². The van der Waals surface area contributed by atoms with Crippen molar-refractivity contribution in [2.75, 3.05) is 5.32 Å². The Balaban J connectivity index is 2.43. The fourth-order valence-electron chi connectivity index (χ4n) is 1.42. The van der Waals surface area contributed by atoms with Crippen LogP contribution in [0.5, 0.6) is 5.75 Å². The average Bonchev–Trinajstić information content (AvgIpc) is 2.15. The van der Waals surface area contributed by atoms with E-state index in [0.717, 1.165) is 12.1 Å². The fraction of sp³-hybridized carbons (Fsp3) is 0.222. The van der Waals surface area contributed by atoms with Crippen molar-refractivity contribution in [1.82, 2.24) is 0 Å². The minimum atomic E-state index is -4.38. The van der Waals surface area contributed by atoms with Gasteiger partial charge in [0.2, 0.25) is 0 Å². The predicted octanol–water partition coefficient (Wildman–Crippen LogP) is 2.35. The van der Waals surface area contributed by atoms with Gasteiger partial charge in [-0.1, -0.05) is 0 Å². The Bertz CT molecular complexity index is 509. The SMILES string of the molecule is NC(=S)Nc1ccc2c(c1)C(F)(F)OC(F)(F)O2. The molecular formula is C9H6F4N2O2S. The maximum atomic E-state index is 13.3. The molecule has 2 rings (SSSR count). The molecule has 1 heterocycles. The van der Waals surface area contributed by atoms with Gasteiger partial charge in [-0.3, -0.25) is 0 Å². The van der Waals surface area contributed by atoms with Crippen LogP contribution in [-0.4, -0.2) is 11.4 Å². The molecule has 0 fully saturated rings. The Hall–Kier alpha value is -1.61. The average molecular weight is 282 g/mol. The second-order valence-corrected chi connectivity index (χ2v) is 3.82. The lowest BCUT2D eigenvalue weighted by atomic mass is 10.1. The Kier molecular flexibility index (Phi) is 2.82. The standard InChI is InChI=1S/C9H6F4N2O2S/c10-8(11)5-3-4(15-7(14)18)1-2-6(5)16-9(12,13)17-8/h1-3H,(H3,14,15,18). The number of ether oxygens (including phenoxy) is 2. The number of nitrogens with one attached hydrogen (secondary N) is 1. The molecule has 4 nitrogen and oxygen atoms in total. The predicted molar refractivity (Wildman–Crippen MR) is 57.4 cm³/mol. The molecule has 0 saturated carbocycles. The third-order valence-electron chi connectivity index (χ3n) is 2.04. The van der Waals surface area contributed by atoms with Crippen LogP contribution in [0.3, 0.4) is 0 Å². The van der Waals surface area contributed by atoms with Crippen molar-refractivity contribution < 1.29 is 27.0 Å². The van der Waals surface area contributed by atoms with E-state index in [1.807, 2.05) is 0 Å². The van der Waals surface area contributed by atoms with E-state index in [2.05, 4.69) is 27.0 Å². The molecular weight excluding hydrogens is 276 g/mol. The third-order valence-corrected chi connectivity index (χ3v) is 2.14. The minimum Gasteiger partial charge on any atom is -0.409 e. The summed E-state index contributed by atoms with van der Waals surface area (Å²) < 4.78 is 59.3. The highest BCUT2D eigenvalue weighted by Crippen LogP contribution is 2.46. The lowest BCUT2D eigenvalue weighted by Crippen LogP contribution is -2.41. The summed E-state index contributed by atoms with van der Waals surface area (Å²) in [5.41, 5.74) is 4.43. The zero-order chi connectivity index (χ0) is 13.6. The van der Waals surface area contributed by atoms with Gasteiger partial charge in [0.15, 0.2) is 5.11 Å². The van der Waals surface area contributed by atoms with Crippen molar-refractivity contribution in [2.45, 2.75) is 12.4 Å². The third kappa shape index (κ3) is 2.46. The molecule has 0 saturated heterocycles. The largest absolute Gasteiger partial charge is 0.540 e. The summed E-state index contributed by atoms with van der Waals surface area (Å²) in [6.07, 6.45) is -8.56. The van der Waals surface area contributed by atoms with E-state index in [9.17, 15) is 17.6 Å². The Morgan fingerprint density at radius 2 is 1.94 bits per heavy atom. The first-order valence-corrected chi connectivity index (χ1v) is 4.96. The quantitative estimate of drug-likeness (QED) is 0.611. The van der Waals surface area contributed by atoms with Gasteiger partial charge in [-0.15, -0.1) is 8.78 Å². The number of nitrogens with two attached hydrogens (primary N) is 1. The van der Waals surface area contributed by atoms with Crippen LogP contribution < -0.4 is 15.8 Å². The first kappa shape index (κ1) is 12.8. The first-order chi connectivity index (χ1) is 8.20. The Morgan fingerprint density at radius 3 is 2.56 bits per heavy atom. The number of fused-ring (bicyclic) bond motifs is 1. The molecule has 98 valence electrons. The molecule has 0 radical (unpaired) electrons. The van der Waals surface area contributed by atoms with Crippen LogP contribution >= 0.6 is 12.2 Å². The Morgan fingerprint density at radius 1 is 1.28 bits per heavy atom. The first-order valence-electron chi connectivity index (χ1n) is 4.55. The molecule has 1 aliphatic heterocycles. The zero-order valence-corrected chi connectivity index (χ0v) is 9.36. The topological polar surface area (TPSA) is 56.5 Å². The van der Waals surface area contributed by atoms with Crippen molar-refractivity contribution >= 4 is 23.0 Å². The van der Waals surface area contributed by atoms with Gasteiger partial charge in [-0.05, 0) is 30.4 Å². The van der Waals surface area contributed by atoms with E-state index in [1.54, 1.807) is 0 Å². The number of anilines is 1. The van der Waals surface area contributed by atoms with Crippen molar-refractivity contribution in [3.05, 3.63) is 23.8 Å². The molecule has 0 aromatic heterocycles. The summed E-state index contributed by atoms with van der Waals surface area (Å²) in [5.74, 6) is -0.676. The summed E-state index contributed by atoms with van der Waals surface area (Å²) in [5, 5.41) is 2.24. The minimum absolute atomic E-state index is 0.110. The van der Waals surface area contributed by atoms with Crippen LogP contribution in [0, 0.1) is 0 Å². The van der Waals surface area contributed by atoms with Crippen LogP contribution in [-0.2, 0) is 10.8 Å². The van der Waals surface area contributed by atoms with E-state index in [1.165, 1.54) is 6.07 Å². The highest BCUT2D eigenvalue weighted by Gasteiger charge is 2.54. The number of thiocarbonyl (C=S) groups is 1. The summed E-state index contributed by atoms with van der Waals surface area (Å²) in [4.78, 5) is 0. The van der Waals surface area contributed by atoms with E-state index < -0.39 is 23.7 Å². The second-order valence-electron chi connectivity index (χ2n) is 3.38. The van der Waals surface area contributed by atoms with Crippen LogP contribution in [0.1, 0.15) is 5.56 Å². The van der Waals surface area contributed by atoms with Crippen LogP contribution in [0.15, 0.2) is 18.2 Å². The summed E-state index contributed by atoms with van der Waals surface area (Å²) >= 11 is 4.52. The number of hydrogen-bond donors (Lipinski definition) is 2. The molecule has 18 heavy (non-hydrogen) atoms. The van der Waals surface area contributed by atoms with Crippen molar-refractivity contribution in [2.24, 2.45) is 5.73 Å². The molecule has 1 aliphatic rings. The molecule has 1 aromatic carbocycles. The highest BCUT2D eigenvalue weighted by molar-refractivity contribution is 7.80. The summed E-state index contributed by atoms with van der Waals surface area (Å²) in [6.45, 7) is 0. The summed E-state index contributed by atoms with van der Waals surface area (Å²) in [6, 6.07) is 3.03. The molecule has 0 bridgehead atoms. The number of halogens is 4. The molecule has 0 amide bonds. The number of hydrogen-bond acceptors (Lipinski definition) is 3. The Labute approximate surface area is 104 Å². The van der Waals surface area contributed by atoms with Crippen molar-refractivity contribution in [3.8, 4) is 5.75 Å². The van der Waals surface area contributed by atoms with Gasteiger partial charge in [0, 0.05) is 5.69 Å². The normalized spacial score (nSPS) is 19.6. The lowest BCUT2D eigenvalue weighted by Gasteiger charge is -2.30. The monoisotopic (exact) mass is 282 g/mol. The molecule has 1 aromatic rings. The van der Waals surface area contributed by atoms with E-state index >= 15 is 0 Å². The van der Waals surface area contributed by atoms with E-state index in [0.29, 0.717) is 0 Å². The van der Waals surface area contributed by atoms with Gasteiger partial charge >= 0.3 is 12.4 Å². The maximum absolute atomic E-state index is 13.3. The zero-order valence-electron chi connectivity index (χ0n) is 8.55. The van der Waals surface area contributed by atoms with Crippen molar-refractivity contribution in [3.63, 3.8) is 0 Å². The van der Waals surface area contributed by atoms with Crippen LogP contribution in [0.25, 0.3) is 0 Å². The van der Waals surface area contributed by atoms with Gasteiger partial charge < -0.3 is 15.8 Å². The van der Waals surface area contributed by atoms with Crippen LogP contribution in [0.2, 0.25) is 0 Å². The molecule has 0 atom stereocenters. The number of rotatable bonds is 1. The highest BCUT2D eigenvalue weighted by atomic mass is 32.1. The molecule has 9 heteroatoms. The number of alkyl halides is 4. The van der Waals surface area contributed by atoms with Crippen LogP contribution in [0.4, 0.5) is 23.2 Å². The molecule has 0 aliphatic carbocycles. The lowest BCUT2D eigenvalue weighted by molar-refractivity contribution is -0.461. The van der Waals surface area contributed by atoms with E-state index in [-0.39, 0.29) is 10.8 Å².